The minimum absolute atomic E-state index is 0.185. The van der Waals surface area contributed by atoms with Crippen molar-refractivity contribution >= 4 is 32.6 Å². The van der Waals surface area contributed by atoms with Crippen LogP contribution in [0.1, 0.15) is 24.7 Å². The van der Waals surface area contributed by atoms with Gasteiger partial charge in [0.2, 0.25) is 0 Å². The second kappa shape index (κ2) is 6.79. The van der Waals surface area contributed by atoms with Crippen LogP contribution in [0.3, 0.4) is 0 Å². The molecule has 0 spiro atoms. The summed E-state index contributed by atoms with van der Waals surface area (Å²) in [5.74, 6) is 0.550. The molecule has 0 fully saturated rings. The SMILES string of the molecule is CCCn1c(=O)n(C)c(=O)c2c(Cn3c(CO)nc4ccccc43)csc21. The molecule has 27 heavy (non-hydrogen) atoms. The fraction of sp³-hybridized carbons (Fsp3) is 0.316. The summed E-state index contributed by atoms with van der Waals surface area (Å²) >= 11 is 1.41. The van der Waals surface area contributed by atoms with Crippen LogP contribution in [-0.4, -0.2) is 23.8 Å². The van der Waals surface area contributed by atoms with Crippen molar-refractivity contribution in [3.8, 4) is 0 Å². The van der Waals surface area contributed by atoms with Crippen molar-refractivity contribution in [1.29, 1.82) is 0 Å². The standard InChI is InChI=1S/C19H20N4O3S/c1-3-8-22-18-16(17(25)21(2)19(22)26)12(11-27-18)9-23-14-7-5-4-6-13(14)20-15(23)10-24/h4-7,11,24H,3,8-10H2,1-2H3. The Kier molecular flexibility index (Phi) is 4.45. The molecule has 3 heterocycles. The van der Waals surface area contributed by atoms with Crippen molar-refractivity contribution in [1.82, 2.24) is 18.7 Å². The fourth-order valence-corrected chi connectivity index (χ4v) is 4.54. The number of benzene rings is 1. The van der Waals surface area contributed by atoms with Gasteiger partial charge in [0, 0.05) is 13.6 Å². The molecule has 3 aromatic heterocycles. The van der Waals surface area contributed by atoms with Gasteiger partial charge < -0.3 is 9.67 Å². The molecule has 0 saturated heterocycles. The largest absolute Gasteiger partial charge is 0.388 e. The quantitative estimate of drug-likeness (QED) is 0.571. The van der Waals surface area contributed by atoms with E-state index in [0.29, 0.717) is 29.1 Å². The lowest BCUT2D eigenvalue weighted by Gasteiger charge is -2.10. The first-order chi connectivity index (χ1) is 13.1. The van der Waals surface area contributed by atoms with E-state index in [-0.39, 0.29) is 17.9 Å². The predicted octanol–water partition coefficient (Wildman–Crippen LogP) is 2.06. The molecule has 1 aromatic carbocycles. The Hall–Kier alpha value is -2.71. The molecule has 7 nitrogen and oxygen atoms in total. The zero-order chi connectivity index (χ0) is 19.1. The second-order valence-corrected chi connectivity index (χ2v) is 7.36. The van der Waals surface area contributed by atoms with Gasteiger partial charge in [0.25, 0.3) is 5.56 Å². The topological polar surface area (TPSA) is 82.0 Å². The van der Waals surface area contributed by atoms with Crippen molar-refractivity contribution in [2.45, 2.75) is 33.0 Å². The van der Waals surface area contributed by atoms with Crippen LogP contribution in [0.25, 0.3) is 21.3 Å². The highest BCUT2D eigenvalue weighted by Gasteiger charge is 2.18. The van der Waals surface area contributed by atoms with Crippen molar-refractivity contribution < 1.29 is 5.11 Å². The van der Waals surface area contributed by atoms with Crippen molar-refractivity contribution in [3.05, 3.63) is 61.9 Å². The van der Waals surface area contributed by atoms with Crippen molar-refractivity contribution in [2.24, 2.45) is 7.05 Å². The highest BCUT2D eigenvalue weighted by atomic mass is 32.1. The third kappa shape index (κ3) is 2.72. The van der Waals surface area contributed by atoms with Crippen LogP contribution in [0.15, 0.2) is 39.2 Å². The maximum atomic E-state index is 12.8. The van der Waals surface area contributed by atoms with Gasteiger partial charge in [-0.25, -0.2) is 9.78 Å². The summed E-state index contributed by atoms with van der Waals surface area (Å²) in [4.78, 5) is 30.5. The van der Waals surface area contributed by atoms with Gasteiger partial charge in [-0.3, -0.25) is 13.9 Å². The van der Waals surface area contributed by atoms with Crippen molar-refractivity contribution in [3.63, 3.8) is 0 Å². The molecule has 0 aliphatic heterocycles. The number of fused-ring (bicyclic) bond motifs is 2. The third-order valence-electron chi connectivity index (χ3n) is 4.78. The van der Waals surface area contributed by atoms with E-state index in [9.17, 15) is 14.7 Å². The first-order valence-corrected chi connectivity index (χ1v) is 9.69. The monoisotopic (exact) mass is 384 g/mol. The van der Waals surface area contributed by atoms with Crippen LogP contribution in [0.4, 0.5) is 0 Å². The molecule has 0 saturated carbocycles. The number of para-hydroxylation sites is 2. The number of rotatable bonds is 5. The van der Waals surface area contributed by atoms with E-state index in [4.69, 9.17) is 0 Å². The minimum atomic E-state index is -0.285. The summed E-state index contributed by atoms with van der Waals surface area (Å²) in [6.07, 6.45) is 0.807. The van der Waals surface area contributed by atoms with Crippen LogP contribution in [0.5, 0.6) is 0 Å². The summed E-state index contributed by atoms with van der Waals surface area (Å²) in [6, 6.07) is 7.67. The number of aliphatic hydroxyl groups excluding tert-OH is 1. The molecule has 0 atom stereocenters. The Morgan fingerprint density at radius 1 is 1.19 bits per heavy atom. The van der Waals surface area contributed by atoms with E-state index in [2.05, 4.69) is 4.98 Å². The zero-order valence-electron chi connectivity index (χ0n) is 15.2. The zero-order valence-corrected chi connectivity index (χ0v) is 16.0. The maximum Gasteiger partial charge on any atom is 0.331 e. The normalized spacial score (nSPS) is 11.7. The lowest BCUT2D eigenvalue weighted by atomic mass is 10.2. The summed E-state index contributed by atoms with van der Waals surface area (Å²) in [5, 5.41) is 12.2. The fourth-order valence-electron chi connectivity index (χ4n) is 3.46. The molecule has 1 N–H and O–H groups in total. The summed E-state index contributed by atoms with van der Waals surface area (Å²) < 4.78 is 4.77. The number of imidazole rings is 1. The highest BCUT2D eigenvalue weighted by molar-refractivity contribution is 7.17. The number of thiophene rings is 1. The molecule has 8 heteroatoms. The van der Waals surface area contributed by atoms with E-state index in [1.807, 2.05) is 41.1 Å². The van der Waals surface area contributed by atoms with Crippen LogP contribution in [0, 0.1) is 0 Å². The molecule has 0 radical (unpaired) electrons. The Morgan fingerprint density at radius 3 is 2.70 bits per heavy atom. The Bertz CT molecular complexity index is 1260. The molecule has 0 bridgehead atoms. The lowest BCUT2D eigenvalue weighted by Crippen LogP contribution is -2.38. The third-order valence-corrected chi connectivity index (χ3v) is 5.83. The molecule has 0 aliphatic carbocycles. The Morgan fingerprint density at radius 2 is 1.96 bits per heavy atom. The predicted molar refractivity (Wildman–Crippen MR) is 106 cm³/mol. The molecule has 0 aliphatic rings. The molecular formula is C19H20N4O3S. The molecule has 4 rings (SSSR count). The van der Waals surface area contributed by atoms with Gasteiger partial charge in [-0.15, -0.1) is 11.3 Å². The number of nitrogens with zero attached hydrogens (tertiary/aromatic N) is 4. The van der Waals surface area contributed by atoms with Gasteiger partial charge in [-0.05, 0) is 29.5 Å². The van der Waals surface area contributed by atoms with Gasteiger partial charge in [-0.1, -0.05) is 19.1 Å². The molecule has 0 unspecified atom stereocenters. The number of aliphatic hydroxyl groups is 1. The van der Waals surface area contributed by atoms with Crippen molar-refractivity contribution in [2.75, 3.05) is 0 Å². The smallest absolute Gasteiger partial charge is 0.331 e. The van der Waals surface area contributed by atoms with E-state index in [0.717, 1.165) is 23.0 Å². The Balaban J connectivity index is 1.94. The Labute approximate surface area is 158 Å². The molecular weight excluding hydrogens is 364 g/mol. The minimum Gasteiger partial charge on any atom is -0.388 e. The average Bonchev–Trinajstić information content (AvgIpc) is 3.25. The van der Waals surface area contributed by atoms with E-state index in [1.165, 1.54) is 23.0 Å². The maximum absolute atomic E-state index is 12.8. The molecule has 4 aromatic rings. The molecule has 140 valence electrons. The first-order valence-electron chi connectivity index (χ1n) is 8.81. The van der Waals surface area contributed by atoms with Gasteiger partial charge in [-0.2, -0.15) is 0 Å². The first kappa shape index (κ1) is 17.7. The van der Waals surface area contributed by atoms with Gasteiger partial charge in [0.15, 0.2) is 0 Å². The summed E-state index contributed by atoms with van der Waals surface area (Å²) in [6.45, 7) is 2.80. The average molecular weight is 384 g/mol. The lowest BCUT2D eigenvalue weighted by molar-refractivity contribution is 0.267. The van der Waals surface area contributed by atoms with Gasteiger partial charge >= 0.3 is 5.69 Å². The van der Waals surface area contributed by atoms with Gasteiger partial charge in [0.1, 0.15) is 17.3 Å². The van der Waals surface area contributed by atoms with E-state index in [1.54, 1.807) is 4.57 Å². The van der Waals surface area contributed by atoms with Crippen LogP contribution >= 0.6 is 11.3 Å². The highest BCUT2D eigenvalue weighted by Crippen LogP contribution is 2.25. The number of aromatic nitrogens is 4. The summed E-state index contributed by atoms with van der Waals surface area (Å²) in [5.41, 5.74) is 1.97. The van der Waals surface area contributed by atoms with Crippen LogP contribution < -0.4 is 11.2 Å². The number of hydrogen-bond donors (Lipinski definition) is 1. The summed E-state index contributed by atoms with van der Waals surface area (Å²) in [7, 11) is 1.52. The number of hydrogen-bond acceptors (Lipinski definition) is 5. The second-order valence-electron chi connectivity index (χ2n) is 6.50. The van der Waals surface area contributed by atoms with E-state index >= 15 is 0 Å². The van der Waals surface area contributed by atoms with E-state index < -0.39 is 0 Å². The van der Waals surface area contributed by atoms with Crippen LogP contribution in [0.2, 0.25) is 0 Å². The molecule has 0 amide bonds. The van der Waals surface area contributed by atoms with Crippen LogP contribution in [-0.2, 0) is 26.7 Å². The van der Waals surface area contributed by atoms with Gasteiger partial charge in [0.05, 0.1) is 23.0 Å². The number of aryl methyl sites for hydroxylation is 1.